The fourth-order valence-corrected chi connectivity index (χ4v) is 3.16. The molecule has 0 bridgehead atoms. The van der Waals surface area contributed by atoms with Crippen LogP contribution in [0.4, 0.5) is 0 Å². The van der Waals surface area contributed by atoms with Gasteiger partial charge in [-0.15, -0.1) is 0 Å². The van der Waals surface area contributed by atoms with E-state index in [0.717, 1.165) is 32.1 Å². The lowest BCUT2D eigenvalue weighted by molar-refractivity contribution is -0.183. The fourth-order valence-electron chi connectivity index (χ4n) is 2.69. The molecule has 0 atom stereocenters. The van der Waals surface area contributed by atoms with Gasteiger partial charge in [0.15, 0.2) is 5.79 Å². The summed E-state index contributed by atoms with van der Waals surface area (Å²) in [5.41, 5.74) is 0. The van der Waals surface area contributed by atoms with Gasteiger partial charge < -0.3 is 14.4 Å². The maximum atomic E-state index is 5.75. The highest BCUT2D eigenvalue weighted by atomic mass is 32.2. The third kappa shape index (κ3) is 2.92. The van der Waals surface area contributed by atoms with Gasteiger partial charge in [-0.25, -0.2) is 0 Å². The van der Waals surface area contributed by atoms with Crippen LogP contribution >= 0.6 is 11.8 Å². The third-order valence-corrected chi connectivity index (χ3v) is 4.39. The third-order valence-electron chi connectivity index (χ3n) is 3.80. The van der Waals surface area contributed by atoms with E-state index in [1.165, 1.54) is 25.1 Å². The molecule has 1 spiro atoms. The van der Waals surface area contributed by atoms with Gasteiger partial charge in [-0.3, -0.25) is 0 Å². The molecular weight excluding hydrogens is 222 g/mol. The van der Waals surface area contributed by atoms with Gasteiger partial charge in [-0.05, 0) is 26.1 Å². The zero-order valence-corrected chi connectivity index (χ0v) is 11.2. The second-order valence-electron chi connectivity index (χ2n) is 4.81. The van der Waals surface area contributed by atoms with Crippen molar-refractivity contribution >= 4 is 11.8 Å². The fraction of sp³-hybridized carbons (Fsp3) is 1.00. The molecule has 1 heterocycles. The van der Waals surface area contributed by atoms with Crippen LogP contribution in [0.15, 0.2) is 0 Å². The van der Waals surface area contributed by atoms with Crippen LogP contribution in [-0.4, -0.2) is 55.5 Å². The molecule has 3 nitrogen and oxygen atoms in total. The second kappa shape index (κ2) is 5.71. The van der Waals surface area contributed by atoms with Crippen LogP contribution in [0.3, 0.4) is 0 Å². The summed E-state index contributed by atoms with van der Waals surface area (Å²) in [7, 11) is 2.25. The summed E-state index contributed by atoms with van der Waals surface area (Å²) in [5.74, 6) is 1.03. The molecule has 1 aliphatic carbocycles. The van der Waals surface area contributed by atoms with E-state index < -0.39 is 0 Å². The summed E-state index contributed by atoms with van der Waals surface area (Å²) in [5, 5.41) is 0. The number of rotatable bonds is 4. The molecule has 2 aliphatic rings. The minimum atomic E-state index is -0.198. The molecule has 0 N–H and O–H groups in total. The predicted molar refractivity (Wildman–Crippen MR) is 67.9 cm³/mol. The van der Waals surface area contributed by atoms with E-state index in [4.69, 9.17) is 9.47 Å². The summed E-state index contributed by atoms with van der Waals surface area (Å²) in [6.45, 7) is 2.76. The first-order valence-electron chi connectivity index (χ1n) is 6.23. The lowest BCUT2D eigenvalue weighted by atomic mass is 9.89. The van der Waals surface area contributed by atoms with Crippen molar-refractivity contribution in [2.75, 3.05) is 38.8 Å². The molecule has 0 amide bonds. The van der Waals surface area contributed by atoms with E-state index in [1.54, 1.807) is 0 Å². The second-order valence-corrected chi connectivity index (χ2v) is 5.80. The molecule has 2 rings (SSSR count). The van der Waals surface area contributed by atoms with Gasteiger partial charge in [-0.2, -0.15) is 11.8 Å². The first kappa shape index (κ1) is 12.7. The SMILES string of the molecule is CSCCN(C)C1CCC2(CC1)OCCO2. The lowest BCUT2D eigenvalue weighted by Crippen LogP contribution is -2.43. The Bertz CT molecular complexity index is 209. The van der Waals surface area contributed by atoms with E-state index in [-0.39, 0.29) is 5.79 Å². The van der Waals surface area contributed by atoms with Crippen LogP contribution < -0.4 is 0 Å². The molecule has 0 aromatic rings. The van der Waals surface area contributed by atoms with Crippen molar-refractivity contribution in [3.8, 4) is 0 Å². The molecule has 1 saturated heterocycles. The monoisotopic (exact) mass is 245 g/mol. The molecule has 2 fully saturated rings. The van der Waals surface area contributed by atoms with E-state index >= 15 is 0 Å². The molecule has 0 unspecified atom stereocenters. The number of ether oxygens (including phenoxy) is 2. The smallest absolute Gasteiger partial charge is 0.168 e. The van der Waals surface area contributed by atoms with E-state index in [9.17, 15) is 0 Å². The number of nitrogens with zero attached hydrogens (tertiary/aromatic N) is 1. The molecule has 0 aromatic carbocycles. The molecule has 1 saturated carbocycles. The zero-order chi connectivity index (χ0) is 11.4. The van der Waals surface area contributed by atoms with Gasteiger partial charge in [0, 0.05) is 31.2 Å². The highest BCUT2D eigenvalue weighted by Crippen LogP contribution is 2.36. The van der Waals surface area contributed by atoms with Crippen LogP contribution in [0.2, 0.25) is 0 Å². The summed E-state index contributed by atoms with van der Waals surface area (Å²) in [6, 6.07) is 0.727. The van der Waals surface area contributed by atoms with Crippen LogP contribution in [-0.2, 0) is 9.47 Å². The Hall–Kier alpha value is 0.230. The van der Waals surface area contributed by atoms with Gasteiger partial charge in [0.2, 0.25) is 0 Å². The van der Waals surface area contributed by atoms with Crippen molar-refractivity contribution < 1.29 is 9.47 Å². The normalized spacial score (nSPS) is 25.7. The predicted octanol–water partition coefficient (Wildman–Crippen LogP) is 1.97. The van der Waals surface area contributed by atoms with Crippen LogP contribution in [0.1, 0.15) is 25.7 Å². The van der Waals surface area contributed by atoms with Gasteiger partial charge in [0.05, 0.1) is 13.2 Å². The first-order chi connectivity index (χ1) is 7.76. The average Bonchev–Trinajstić information content (AvgIpc) is 2.75. The van der Waals surface area contributed by atoms with E-state index in [2.05, 4.69) is 18.2 Å². The Kier molecular flexibility index (Phi) is 4.53. The zero-order valence-electron chi connectivity index (χ0n) is 10.4. The standard InChI is InChI=1S/C12H23NO2S/c1-13(7-10-16-2)11-3-5-12(6-4-11)14-8-9-15-12/h11H,3-10H2,1-2H3. The van der Waals surface area contributed by atoms with Gasteiger partial charge in [0.1, 0.15) is 0 Å². The Morgan fingerprint density at radius 2 is 1.88 bits per heavy atom. The van der Waals surface area contributed by atoms with Gasteiger partial charge >= 0.3 is 0 Å². The highest BCUT2D eigenvalue weighted by molar-refractivity contribution is 7.98. The average molecular weight is 245 g/mol. The summed E-state index contributed by atoms with van der Waals surface area (Å²) in [6.07, 6.45) is 6.74. The topological polar surface area (TPSA) is 21.7 Å². The highest BCUT2D eigenvalue weighted by Gasteiger charge is 2.40. The van der Waals surface area contributed by atoms with E-state index in [1.807, 2.05) is 11.8 Å². The Balaban J connectivity index is 1.75. The lowest BCUT2D eigenvalue weighted by Gasteiger charge is -2.39. The van der Waals surface area contributed by atoms with Gasteiger partial charge in [-0.1, -0.05) is 0 Å². The molecule has 16 heavy (non-hydrogen) atoms. The van der Waals surface area contributed by atoms with Crippen molar-refractivity contribution in [3.63, 3.8) is 0 Å². The van der Waals surface area contributed by atoms with Crippen molar-refractivity contribution in [2.45, 2.75) is 37.5 Å². The molecule has 94 valence electrons. The van der Waals surface area contributed by atoms with Crippen LogP contribution in [0.25, 0.3) is 0 Å². The summed E-state index contributed by atoms with van der Waals surface area (Å²) >= 11 is 1.92. The Labute approximate surface area is 103 Å². The quantitative estimate of drug-likeness (QED) is 0.755. The maximum Gasteiger partial charge on any atom is 0.168 e. The summed E-state index contributed by atoms with van der Waals surface area (Å²) in [4.78, 5) is 2.50. The number of thioether (sulfide) groups is 1. The Morgan fingerprint density at radius 3 is 2.44 bits per heavy atom. The van der Waals surface area contributed by atoms with Crippen molar-refractivity contribution in [1.82, 2.24) is 4.90 Å². The van der Waals surface area contributed by atoms with Crippen molar-refractivity contribution in [2.24, 2.45) is 0 Å². The minimum absolute atomic E-state index is 0.198. The number of hydrogen-bond acceptors (Lipinski definition) is 4. The molecular formula is C12H23NO2S. The van der Waals surface area contributed by atoms with Crippen molar-refractivity contribution in [3.05, 3.63) is 0 Å². The van der Waals surface area contributed by atoms with Crippen molar-refractivity contribution in [1.29, 1.82) is 0 Å². The first-order valence-corrected chi connectivity index (χ1v) is 7.62. The maximum absolute atomic E-state index is 5.75. The largest absolute Gasteiger partial charge is 0.348 e. The minimum Gasteiger partial charge on any atom is -0.348 e. The number of hydrogen-bond donors (Lipinski definition) is 0. The molecule has 1 aliphatic heterocycles. The molecule has 0 aromatic heterocycles. The van der Waals surface area contributed by atoms with Gasteiger partial charge in [0.25, 0.3) is 0 Å². The summed E-state index contributed by atoms with van der Waals surface area (Å²) < 4.78 is 11.5. The van der Waals surface area contributed by atoms with Crippen LogP contribution in [0, 0.1) is 0 Å². The molecule has 0 radical (unpaired) electrons. The van der Waals surface area contributed by atoms with E-state index in [0.29, 0.717) is 0 Å². The van der Waals surface area contributed by atoms with Crippen LogP contribution in [0.5, 0.6) is 0 Å². The molecule has 4 heteroatoms. The Morgan fingerprint density at radius 1 is 1.25 bits per heavy atom.